The maximum Gasteiger partial charge on any atom is 2.00 e. The fourth-order valence-electron chi connectivity index (χ4n) is 0. The Hall–Kier alpha value is 2.03. The van der Waals surface area contributed by atoms with Gasteiger partial charge in [0, 0.05) is 0 Å². The first-order chi connectivity index (χ1) is 2.00. The predicted octanol–water partition coefficient (Wildman–Crippen LogP) is -2.30. The summed E-state index contributed by atoms with van der Waals surface area (Å²) in [6.07, 6.45) is 0. The second-order valence-corrected chi connectivity index (χ2v) is 0. The van der Waals surface area contributed by atoms with Crippen LogP contribution in [-0.2, 0) is 0 Å². The summed E-state index contributed by atoms with van der Waals surface area (Å²) in [6, 6.07) is 0. The summed E-state index contributed by atoms with van der Waals surface area (Å²) in [5.74, 6) is 0. The van der Waals surface area contributed by atoms with Gasteiger partial charge in [0.1, 0.15) is 0 Å². The number of halogens is 2. The average Bonchev–Trinajstić information content (AvgIpc) is 1.50. The van der Waals surface area contributed by atoms with E-state index in [4.69, 9.17) is 9.32 Å². The van der Waals surface area contributed by atoms with Crippen molar-refractivity contribution >= 4 is 69.8 Å². The van der Waals surface area contributed by atoms with Gasteiger partial charge in [0.15, 0.2) is 0 Å². The first-order valence-electron chi connectivity index (χ1n) is 0.309. The molecular weight excluding hydrogens is 152 g/mol. The van der Waals surface area contributed by atoms with Crippen molar-refractivity contribution in [3.8, 4) is 0 Å². The summed E-state index contributed by atoms with van der Waals surface area (Å²) in [7, 11) is 0. The van der Waals surface area contributed by atoms with Gasteiger partial charge in [-0.15, -0.1) is 0 Å². The van der Waals surface area contributed by atoms with Crippen molar-refractivity contribution in [2.75, 3.05) is 0 Å². The molecule has 6 heteroatoms. The molecule has 0 aromatic heterocycles. The van der Waals surface area contributed by atoms with Crippen LogP contribution in [0.1, 0.15) is 0 Å². The van der Waals surface area contributed by atoms with Crippen LogP contribution in [0.15, 0.2) is 0 Å². The second-order valence-electron chi connectivity index (χ2n) is 0. The third-order valence-electron chi connectivity index (χ3n) is 0. The van der Waals surface area contributed by atoms with E-state index < -0.39 is 0 Å². The van der Waals surface area contributed by atoms with Gasteiger partial charge in [0.25, 0.3) is 0 Å². The van der Waals surface area contributed by atoms with Gasteiger partial charge in [-0.2, -0.15) is 0 Å². The third kappa shape index (κ3) is 37.0. The van der Waals surface area contributed by atoms with Crippen molar-refractivity contribution < 1.29 is 9.32 Å². The minimum atomic E-state index is 0. The molecule has 0 atom stereocenters. The minimum absolute atomic E-state index is 0. The van der Waals surface area contributed by atoms with Crippen LogP contribution in [0, 0.1) is 0 Å². The SMILES string of the molecule is [Mg+2].[MgH2].[O-]Cl.[O-]Cl. The van der Waals surface area contributed by atoms with Crippen molar-refractivity contribution in [3.63, 3.8) is 0 Å². The molecule has 0 aliphatic carbocycles. The first kappa shape index (κ1) is 24.4. The molecule has 6 heavy (non-hydrogen) atoms. The van der Waals surface area contributed by atoms with E-state index in [9.17, 15) is 0 Å². The average molecular weight is 154 g/mol. The summed E-state index contributed by atoms with van der Waals surface area (Å²) in [5, 5.41) is 0. The molecule has 0 N–H and O–H groups in total. The molecular formula is H2Cl2Mg2O2. The molecule has 0 radical (unpaired) electrons. The Labute approximate surface area is 78.5 Å². The Morgan fingerprint density at radius 3 is 0.833 bits per heavy atom. The molecule has 0 aliphatic heterocycles. The van der Waals surface area contributed by atoms with E-state index in [2.05, 4.69) is 23.7 Å². The number of hydrogen-bond donors (Lipinski definition) is 0. The van der Waals surface area contributed by atoms with Crippen LogP contribution in [0.25, 0.3) is 0 Å². The molecule has 0 fully saturated rings. The molecule has 0 saturated heterocycles. The second kappa shape index (κ2) is 62.0. The molecule has 0 rings (SSSR count). The van der Waals surface area contributed by atoms with Gasteiger partial charge in [0.2, 0.25) is 0 Å². The van der Waals surface area contributed by atoms with E-state index >= 15 is 0 Å². The largest absolute Gasteiger partial charge is 2.00 e. The van der Waals surface area contributed by atoms with Crippen molar-refractivity contribution in [1.82, 2.24) is 0 Å². The summed E-state index contributed by atoms with van der Waals surface area (Å²) in [6.45, 7) is 0. The van der Waals surface area contributed by atoms with E-state index in [1.54, 1.807) is 0 Å². The van der Waals surface area contributed by atoms with Gasteiger partial charge in [-0.1, -0.05) is 0 Å². The van der Waals surface area contributed by atoms with Crippen LogP contribution in [0.2, 0.25) is 0 Å². The van der Waals surface area contributed by atoms with Crippen LogP contribution < -0.4 is 9.32 Å². The Kier molecular flexibility index (Phi) is 252. The maximum atomic E-state index is 7.72. The van der Waals surface area contributed by atoms with Crippen molar-refractivity contribution in [2.45, 2.75) is 0 Å². The van der Waals surface area contributed by atoms with Gasteiger partial charge < -0.3 is 9.32 Å². The van der Waals surface area contributed by atoms with Gasteiger partial charge in [-0.3, -0.25) is 0 Å². The van der Waals surface area contributed by atoms with E-state index in [-0.39, 0.29) is 46.1 Å². The van der Waals surface area contributed by atoms with Gasteiger partial charge in [0.05, 0.1) is 0 Å². The van der Waals surface area contributed by atoms with Crippen LogP contribution in [-0.4, -0.2) is 46.1 Å². The molecule has 0 aromatic carbocycles. The molecule has 32 valence electrons. The molecule has 0 unspecified atom stereocenters. The fourth-order valence-corrected chi connectivity index (χ4v) is 0. The summed E-state index contributed by atoms with van der Waals surface area (Å²) in [5.41, 5.74) is 0. The summed E-state index contributed by atoms with van der Waals surface area (Å²) in [4.78, 5) is 0. The monoisotopic (exact) mass is 152 g/mol. The van der Waals surface area contributed by atoms with Gasteiger partial charge >= 0.3 is 46.1 Å². The van der Waals surface area contributed by atoms with Crippen LogP contribution >= 0.6 is 23.7 Å². The molecule has 0 amide bonds. The van der Waals surface area contributed by atoms with Crippen LogP contribution in [0.3, 0.4) is 0 Å². The number of rotatable bonds is 0. The zero-order valence-corrected chi connectivity index (χ0v) is 5.21. The third-order valence-corrected chi connectivity index (χ3v) is 0. The molecule has 0 aromatic rings. The Morgan fingerprint density at radius 2 is 0.833 bits per heavy atom. The van der Waals surface area contributed by atoms with Gasteiger partial charge in [-0.25, -0.2) is 23.7 Å². The minimum Gasteiger partial charge on any atom is -0.769 e. The topological polar surface area (TPSA) is 46.1 Å². The molecule has 0 heterocycles. The maximum absolute atomic E-state index is 7.72. The summed E-state index contributed by atoms with van der Waals surface area (Å²) < 4.78 is 15.4. The van der Waals surface area contributed by atoms with Gasteiger partial charge in [-0.05, 0) is 0 Å². The molecule has 0 saturated carbocycles. The van der Waals surface area contributed by atoms with Crippen molar-refractivity contribution in [3.05, 3.63) is 0 Å². The van der Waals surface area contributed by atoms with E-state index in [1.807, 2.05) is 0 Å². The quantitative estimate of drug-likeness (QED) is 0.368. The van der Waals surface area contributed by atoms with E-state index in [0.717, 1.165) is 0 Å². The number of hydrogen-bond acceptors (Lipinski definition) is 2. The van der Waals surface area contributed by atoms with Crippen molar-refractivity contribution in [1.29, 1.82) is 0 Å². The van der Waals surface area contributed by atoms with Crippen LogP contribution in [0.5, 0.6) is 0 Å². The van der Waals surface area contributed by atoms with Crippen molar-refractivity contribution in [2.24, 2.45) is 0 Å². The molecule has 0 bridgehead atoms. The Morgan fingerprint density at radius 1 is 0.833 bits per heavy atom. The Balaban J connectivity index is -0.00000000500. The zero-order valence-electron chi connectivity index (χ0n) is 2.28. The first-order valence-corrected chi connectivity index (χ1v) is 0.926. The Bertz CT molecular complexity index is 9.51. The molecule has 0 spiro atoms. The van der Waals surface area contributed by atoms with E-state index in [1.165, 1.54) is 0 Å². The fraction of sp³-hybridized carbons (Fsp3) is 0. The standard InChI is InChI=1S/2ClO.2Mg.2H/c2*1-2;;;;/q2*-1;;+2;;. The van der Waals surface area contributed by atoms with Crippen LogP contribution in [0.4, 0.5) is 0 Å². The summed E-state index contributed by atoms with van der Waals surface area (Å²) >= 11 is 6.78. The smallest absolute Gasteiger partial charge is 0.769 e. The zero-order chi connectivity index (χ0) is 4.00. The predicted molar refractivity (Wildman–Crippen MR) is 26.0 cm³/mol. The molecule has 2 nitrogen and oxygen atoms in total. The molecule has 0 aliphatic rings. The van der Waals surface area contributed by atoms with E-state index in [0.29, 0.717) is 0 Å². The normalized spacial score (nSPS) is 2.00.